The number of thiazole rings is 1. The third kappa shape index (κ3) is 5.57. The number of aromatic nitrogens is 4. The molecule has 30 heavy (non-hydrogen) atoms. The minimum Gasteiger partial charge on any atom is -0.468 e. The number of nitrogen functional groups attached to an aromatic ring is 1. The summed E-state index contributed by atoms with van der Waals surface area (Å²) in [6.07, 6.45) is 1.83. The molecule has 2 rings (SSSR count). The summed E-state index contributed by atoms with van der Waals surface area (Å²) < 4.78 is 11.1. The first-order valence-corrected chi connectivity index (χ1v) is 10.6. The minimum absolute atomic E-state index is 0.00541. The number of amides is 1. The molecule has 162 valence electrons. The zero-order chi connectivity index (χ0) is 22.3. The van der Waals surface area contributed by atoms with E-state index in [9.17, 15) is 14.4 Å². The van der Waals surface area contributed by atoms with Crippen molar-refractivity contribution in [2.45, 2.75) is 31.5 Å². The van der Waals surface area contributed by atoms with Crippen molar-refractivity contribution in [2.24, 2.45) is 0 Å². The molecule has 13 heteroatoms. The Hall–Kier alpha value is -2.93. The number of rotatable bonds is 10. The SMILES string of the molecule is C=CCOC(=O)c1sc(NC(=O)C(CC)n2c(N)nnc2SCC(=O)OC)nc1C. The van der Waals surface area contributed by atoms with Crippen LogP contribution in [0.1, 0.15) is 34.8 Å². The molecule has 2 aromatic heterocycles. The molecule has 0 fully saturated rings. The molecule has 0 saturated carbocycles. The Labute approximate surface area is 181 Å². The average molecular weight is 455 g/mol. The van der Waals surface area contributed by atoms with Crippen molar-refractivity contribution in [1.82, 2.24) is 19.7 Å². The van der Waals surface area contributed by atoms with Crippen LogP contribution in [0.2, 0.25) is 0 Å². The van der Waals surface area contributed by atoms with E-state index >= 15 is 0 Å². The number of hydrogen-bond acceptors (Lipinski definition) is 11. The second kappa shape index (κ2) is 10.7. The van der Waals surface area contributed by atoms with Gasteiger partial charge >= 0.3 is 11.9 Å². The van der Waals surface area contributed by atoms with Crippen molar-refractivity contribution in [2.75, 3.05) is 30.5 Å². The molecule has 0 bridgehead atoms. The summed E-state index contributed by atoms with van der Waals surface area (Å²) in [5.74, 6) is -1.37. The monoisotopic (exact) mass is 454 g/mol. The molecule has 2 heterocycles. The molecule has 0 spiro atoms. The van der Waals surface area contributed by atoms with Crippen LogP contribution in [-0.4, -0.2) is 57.1 Å². The first kappa shape index (κ1) is 23.3. The van der Waals surface area contributed by atoms with E-state index in [4.69, 9.17) is 10.5 Å². The summed E-state index contributed by atoms with van der Waals surface area (Å²) in [6, 6.07) is -0.750. The predicted molar refractivity (Wildman–Crippen MR) is 112 cm³/mol. The Morgan fingerprint density at radius 3 is 2.77 bits per heavy atom. The van der Waals surface area contributed by atoms with Gasteiger partial charge in [-0.3, -0.25) is 14.2 Å². The number of ether oxygens (including phenoxy) is 2. The molecule has 1 atom stereocenters. The number of carbonyl (C=O) groups excluding carboxylic acids is 3. The fourth-order valence-electron chi connectivity index (χ4n) is 2.38. The summed E-state index contributed by atoms with van der Waals surface area (Å²) in [6.45, 7) is 7.01. The van der Waals surface area contributed by atoms with E-state index in [-0.39, 0.29) is 23.4 Å². The molecule has 1 unspecified atom stereocenters. The lowest BCUT2D eigenvalue weighted by molar-refractivity contribution is -0.137. The maximum atomic E-state index is 12.9. The topological polar surface area (TPSA) is 151 Å². The first-order valence-electron chi connectivity index (χ1n) is 8.78. The van der Waals surface area contributed by atoms with Gasteiger partial charge in [0.05, 0.1) is 18.6 Å². The number of nitrogens with one attached hydrogen (secondary N) is 1. The average Bonchev–Trinajstić information content (AvgIpc) is 3.27. The Kier molecular flexibility index (Phi) is 8.35. The Bertz CT molecular complexity index is 941. The van der Waals surface area contributed by atoms with Crippen LogP contribution in [0.5, 0.6) is 0 Å². The van der Waals surface area contributed by atoms with Crippen LogP contribution in [-0.2, 0) is 19.1 Å². The summed E-state index contributed by atoms with van der Waals surface area (Å²) in [4.78, 5) is 40.9. The lowest BCUT2D eigenvalue weighted by Gasteiger charge is -2.18. The second-order valence-electron chi connectivity index (χ2n) is 5.81. The van der Waals surface area contributed by atoms with Crippen molar-refractivity contribution < 1.29 is 23.9 Å². The van der Waals surface area contributed by atoms with Crippen LogP contribution in [0.25, 0.3) is 0 Å². The highest BCUT2D eigenvalue weighted by Gasteiger charge is 2.27. The van der Waals surface area contributed by atoms with Crippen LogP contribution in [0.3, 0.4) is 0 Å². The van der Waals surface area contributed by atoms with Gasteiger partial charge in [0.25, 0.3) is 0 Å². The number of anilines is 2. The van der Waals surface area contributed by atoms with Crippen LogP contribution < -0.4 is 11.1 Å². The van der Waals surface area contributed by atoms with Gasteiger partial charge < -0.3 is 20.5 Å². The first-order chi connectivity index (χ1) is 14.3. The highest BCUT2D eigenvalue weighted by Crippen LogP contribution is 2.28. The molecule has 1 amide bonds. The van der Waals surface area contributed by atoms with E-state index in [0.29, 0.717) is 22.1 Å². The van der Waals surface area contributed by atoms with Gasteiger partial charge in [-0.25, -0.2) is 9.78 Å². The minimum atomic E-state index is -0.750. The quantitative estimate of drug-likeness (QED) is 0.309. The van der Waals surface area contributed by atoms with Crippen molar-refractivity contribution >= 4 is 52.0 Å². The van der Waals surface area contributed by atoms with Gasteiger partial charge in [-0.2, -0.15) is 0 Å². The number of methoxy groups -OCH3 is 1. The summed E-state index contributed by atoms with van der Waals surface area (Å²) in [5, 5.41) is 11.0. The van der Waals surface area contributed by atoms with Gasteiger partial charge in [0.2, 0.25) is 11.9 Å². The third-order valence-corrected chi connectivity index (χ3v) is 5.75. The van der Waals surface area contributed by atoms with E-state index in [0.717, 1.165) is 23.1 Å². The lowest BCUT2D eigenvalue weighted by Crippen LogP contribution is -2.27. The molecular weight excluding hydrogens is 432 g/mol. The van der Waals surface area contributed by atoms with Crippen molar-refractivity contribution in [3.8, 4) is 0 Å². The van der Waals surface area contributed by atoms with E-state index in [2.05, 4.69) is 31.8 Å². The molecule has 0 aliphatic rings. The molecular formula is C17H22N6O5S2. The van der Waals surface area contributed by atoms with Crippen molar-refractivity contribution in [1.29, 1.82) is 0 Å². The fourth-order valence-corrected chi connectivity index (χ4v) is 4.06. The van der Waals surface area contributed by atoms with Gasteiger partial charge in [-0.05, 0) is 13.3 Å². The van der Waals surface area contributed by atoms with Gasteiger partial charge in [0.1, 0.15) is 17.5 Å². The Balaban J connectivity index is 2.18. The smallest absolute Gasteiger partial charge is 0.350 e. The molecule has 0 aromatic carbocycles. The number of esters is 2. The zero-order valence-electron chi connectivity index (χ0n) is 16.7. The van der Waals surface area contributed by atoms with Gasteiger partial charge in [-0.1, -0.05) is 42.7 Å². The number of hydrogen-bond donors (Lipinski definition) is 2. The van der Waals surface area contributed by atoms with Crippen LogP contribution >= 0.6 is 23.1 Å². The van der Waals surface area contributed by atoms with Crippen LogP contribution in [0.4, 0.5) is 11.1 Å². The summed E-state index contributed by atoms with van der Waals surface area (Å²) >= 11 is 2.07. The number of nitrogens with two attached hydrogens (primary N) is 1. The van der Waals surface area contributed by atoms with Gasteiger partial charge in [-0.15, -0.1) is 10.2 Å². The van der Waals surface area contributed by atoms with Crippen LogP contribution in [0.15, 0.2) is 17.8 Å². The van der Waals surface area contributed by atoms with Gasteiger partial charge in [0, 0.05) is 0 Å². The maximum Gasteiger partial charge on any atom is 0.350 e. The number of nitrogens with zero attached hydrogens (tertiary/aromatic N) is 4. The molecule has 0 radical (unpaired) electrons. The van der Waals surface area contributed by atoms with Crippen molar-refractivity contribution in [3.05, 3.63) is 23.2 Å². The third-order valence-electron chi connectivity index (χ3n) is 3.78. The largest absolute Gasteiger partial charge is 0.468 e. The van der Waals surface area contributed by atoms with E-state index in [1.165, 1.54) is 17.8 Å². The van der Waals surface area contributed by atoms with Crippen molar-refractivity contribution in [3.63, 3.8) is 0 Å². The summed E-state index contributed by atoms with van der Waals surface area (Å²) in [7, 11) is 1.28. The molecule has 0 aliphatic carbocycles. The number of carbonyl (C=O) groups is 3. The molecule has 0 saturated heterocycles. The molecule has 3 N–H and O–H groups in total. The van der Waals surface area contributed by atoms with E-state index in [1.54, 1.807) is 13.8 Å². The molecule has 11 nitrogen and oxygen atoms in total. The number of thioether (sulfide) groups is 1. The summed E-state index contributed by atoms with van der Waals surface area (Å²) in [5.41, 5.74) is 6.34. The van der Waals surface area contributed by atoms with Gasteiger partial charge in [0.15, 0.2) is 10.3 Å². The molecule has 0 aliphatic heterocycles. The highest BCUT2D eigenvalue weighted by atomic mass is 32.2. The van der Waals surface area contributed by atoms with E-state index in [1.807, 2.05) is 0 Å². The standard InChI is InChI=1S/C17H22N6O5S2/c1-5-7-28-14(26)12-9(3)19-16(30-12)20-13(25)10(6-2)23-15(18)21-22-17(23)29-8-11(24)27-4/h5,10H,1,6-8H2,2-4H3,(H2,18,21)(H,19,20,25). The highest BCUT2D eigenvalue weighted by molar-refractivity contribution is 7.99. The Morgan fingerprint density at radius 2 is 2.13 bits per heavy atom. The fraction of sp³-hybridized carbons (Fsp3) is 0.412. The van der Waals surface area contributed by atoms with E-state index < -0.39 is 23.9 Å². The predicted octanol–water partition coefficient (Wildman–Crippen LogP) is 1.82. The van der Waals surface area contributed by atoms with Crippen LogP contribution in [0, 0.1) is 6.92 Å². The zero-order valence-corrected chi connectivity index (χ0v) is 18.3. The normalized spacial score (nSPS) is 11.6. The number of aryl methyl sites for hydroxylation is 1. The molecule has 2 aromatic rings. The second-order valence-corrected chi connectivity index (χ2v) is 7.75. The lowest BCUT2D eigenvalue weighted by atomic mass is 10.2. The Morgan fingerprint density at radius 1 is 1.40 bits per heavy atom. The maximum absolute atomic E-state index is 12.9.